The molecule has 2 amide bonds. The summed E-state index contributed by atoms with van der Waals surface area (Å²) in [6, 6.07) is 17.0. The Kier molecular flexibility index (Phi) is 7.04. The molecule has 0 spiro atoms. The van der Waals surface area contributed by atoms with E-state index >= 15 is 0 Å². The van der Waals surface area contributed by atoms with E-state index in [1.807, 2.05) is 61.5 Å². The molecule has 0 radical (unpaired) electrons. The van der Waals surface area contributed by atoms with Crippen LogP contribution < -0.4 is 10.7 Å². The van der Waals surface area contributed by atoms with Crippen LogP contribution in [0.15, 0.2) is 59.7 Å². The van der Waals surface area contributed by atoms with Crippen molar-refractivity contribution in [2.75, 3.05) is 16.8 Å². The number of hydrogen-bond donors (Lipinski definition) is 2. The van der Waals surface area contributed by atoms with Crippen molar-refractivity contribution in [2.24, 2.45) is 5.10 Å². The number of benzene rings is 2. The maximum absolute atomic E-state index is 11.8. The van der Waals surface area contributed by atoms with Gasteiger partial charge in [0.1, 0.15) is 0 Å². The number of nitrogens with zero attached hydrogens (tertiary/aromatic N) is 1. The van der Waals surface area contributed by atoms with E-state index in [1.54, 1.807) is 6.21 Å². The van der Waals surface area contributed by atoms with Crippen molar-refractivity contribution in [1.82, 2.24) is 5.43 Å². The number of nitrogens with one attached hydrogen (secondary N) is 2. The number of hydrogen-bond acceptors (Lipinski definition) is 4. The minimum absolute atomic E-state index is 0.135. The molecule has 0 aliphatic heterocycles. The highest BCUT2D eigenvalue weighted by atomic mass is 32.2. The van der Waals surface area contributed by atoms with Gasteiger partial charge in [-0.1, -0.05) is 48.0 Å². The number of hydrazone groups is 1. The molecule has 2 rings (SSSR count). The maximum atomic E-state index is 11.8. The second-order valence-electron chi connectivity index (χ2n) is 5.11. The predicted octanol–water partition coefficient (Wildman–Crippen LogP) is 2.82. The molecule has 2 aromatic carbocycles. The lowest BCUT2D eigenvalue weighted by Crippen LogP contribution is -2.21. The minimum atomic E-state index is -0.240. The Balaban J connectivity index is 1.64. The first-order chi connectivity index (χ1) is 11.6. The van der Waals surface area contributed by atoms with E-state index in [2.05, 4.69) is 15.8 Å². The van der Waals surface area contributed by atoms with Gasteiger partial charge in [0.25, 0.3) is 0 Å². The van der Waals surface area contributed by atoms with Gasteiger partial charge in [0.15, 0.2) is 0 Å². The molecular formula is C18H19N3O2S. The summed E-state index contributed by atoms with van der Waals surface area (Å²) >= 11 is 1.24. The molecule has 0 saturated heterocycles. The molecule has 124 valence electrons. The second-order valence-corrected chi connectivity index (χ2v) is 6.10. The standard InChI is InChI=1S/C18H19N3O2S/c1-14-7-9-16(10-8-14)20-17(22)12-24-13-18(23)21-19-11-15-5-3-2-4-6-15/h2-11H,12-13H2,1H3,(H,20,22)(H,21,23). The Bertz CT molecular complexity index is 700. The Hall–Kier alpha value is -2.60. The first-order valence-corrected chi connectivity index (χ1v) is 8.60. The highest BCUT2D eigenvalue weighted by molar-refractivity contribution is 8.00. The summed E-state index contributed by atoms with van der Waals surface area (Å²) in [6.07, 6.45) is 1.58. The van der Waals surface area contributed by atoms with Crippen LogP contribution in [0.2, 0.25) is 0 Å². The molecule has 0 unspecified atom stereocenters. The van der Waals surface area contributed by atoms with Crippen LogP contribution in [0.3, 0.4) is 0 Å². The summed E-state index contributed by atoms with van der Waals surface area (Å²) in [5.74, 6) is 0.0108. The van der Waals surface area contributed by atoms with Crippen LogP contribution >= 0.6 is 11.8 Å². The molecule has 0 fully saturated rings. The van der Waals surface area contributed by atoms with Crippen molar-refractivity contribution in [3.8, 4) is 0 Å². The number of amides is 2. The summed E-state index contributed by atoms with van der Waals surface area (Å²) in [4.78, 5) is 23.4. The van der Waals surface area contributed by atoms with Gasteiger partial charge in [-0.25, -0.2) is 5.43 Å². The van der Waals surface area contributed by atoms with Crippen molar-refractivity contribution >= 4 is 35.5 Å². The fourth-order valence-corrected chi connectivity index (χ4v) is 2.43. The van der Waals surface area contributed by atoms with Crippen molar-refractivity contribution < 1.29 is 9.59 Å². The van der Waals surface area contributed by atoms with Crippen molar-refractivity contribution in [3.05, 3.63) is 65.7 Å². The molecule has 2 aromatic rings. The molecule has 0 aliphatic carbocycles. The molecule has 0 saturated carbocycles. The quantitative estimate of drug-likeness (QED) is 0.601. The lowest BCUT2D eigenvalue weighted by atomic mass is 10.2. The summed E-state index contributed by atoms with van der Waals surface area (Å²) in [5.41, 5.74) is 5.23. The van der Waals surface area contributed by atoms with E-state index in [9.17, 15) is 9.59 Å². The third-order valence-corrected chi connectivity index (χ3v) is 3.94. The van der Waals surface area contributed by atoms with Crippen LogP contribution in [-0.4, -0.2) is 29.5 Å². The van der Waals surface area contributed by atoms with Gasteiger partial charge >= 0.3 is 0 Å². The molecule has 6 heteroatoms. The highest BCUT2D eigenvalue weighted by Crippen LogP contribution is 2.09. The smallest absolute Gasteiger partial charge is 0.250 e. The molecule has 2 N–H and O–H groups in total. The van der Waals surface area contributed by atoms with Gasteiger partial charge in [0.2, 0.25) is 11.8 Å². The summed E-state index contributed by atoms with van der Waals surface area (Å²) < 4.78 is 0. The number of carbonyl (C=O) groups is 2. The largest absolute Gasteiger partial charge is 0.325 e. The van der Waals surface area contributed by atoms with Gasteiger partial charge in [0, 0.05) is 5.69 Å². The summed E-state index contributed by atoms with van der Waals surface area (Å²) in [5, 5.41) is 6.66. The molecule has 24 heavy (non-hydrogen) atoms. The van der Waals surface area contributed by atoms with Crippen LogP contribution in [0.25, 0.3) is 0 Å². The van der Waals surface area contributed by atoms with E-state index < -0.39 is 0 Å². The zero-order valence-electron chi connectivity index (χ0n) is 13.4. The van der Waals surface area contributed by atoms with Gasteiger partial charge in [-0.2, -0.15) is 5.10 Å². The first kappa shape index (κ1) is 17.7. The van der Waals surface area contributed by atoms with E-state index in [4.69, 9.17) is 0 Å². The lowest BCUT2D eigenvalue weighted by molar-refractivity contribution is -0.118. The monoisotopic (exact) mass is 341 g/mol. The number of anilines is 1. The topological polar surface area (TPSA) is 70.6 Å². The molecule has 0 aromatic heterocycles. The summed E-state index contributed by atoms with van der Waals surface area (Å²) in [6.45, 7) is 1.99. The van der Waals surface area contributed by atoms with E-state index in [0.29, 0.717) is 0 Å². The van der Waals surface area contributed by atoms with Crippen LogP contribution in [0, 0.1) is 6.92 Å². The van der Waals surface area contributed by atoms with Gasteiger partial charge in [-0.3, -0.25) is 9.59 Å². The third kappa shape index (κ3) is 6.66. The van der Waals surface area contributed by atoms with E-state index in [1.165, 1.54) is 11.8 Å². The van der Waals surface area contributed by atoms with Crippen LogP contribution in [-0.2, 0) is 9.59 Å². The summed E-state index contributed by atoms with van der Waals surface area (Å²) in [7, 11) is 0. The van der Waals surface area contributed by atoms with Gasteiger partial charge in [-0.05, 0) is 24.6 Å². The predicted molar refractivity (Wildman–Crippen MR) is 99.3 cm³/mol. The fraction of sp³-hybridized carbons (Fsp3) is 0.167. The molecule has 0 heterocycles. The number of carbonyl (C=O) groups excluding carboxylic acids is 2. The third-order valence-electron chi connectivity index (χ3n) is 3.00. The first-order valence-electron chi connectivity index (χ1n) is 7.45. The van der Waals surface area contributed by atoms with Crippen molar-refractivity contribution in [3.63, 3.8) is 0 Å². The fourth-order valence-electron chi connectivity index (χ4n) is 1.82. The highest BCUT2D eigenvalue weighted by Gasteiger charge is 2.05. The zero-order chi connectivity index (χ0) is 17.2. The Morgan fingerprint density at radius 1 is 1.00 bits per heavy atom. The van der Waals surface area contributed by atoms with Crippen molar-refractivity contribution in [1.29, 1.82) is 0 Å². The maximum Gasteiger partial charge on any atom is 0.250 e. The normalized spacial score (nSPS) is 10.5. The molecule has 0 aliphatic rings. The Morgan fingerprint density at radius 2 is 1.67 bits per heavy atom. The molecule has 0 bridgehead atoms. The van der Waals surface area contributed by atoms with Crippen LogP contribution in [0.5, 0.6) is 0 Å². The van der Waals surface area contributed by atoms with E-state index in [0.717, 1.165) is 16.8 Å². The SMILES string of the molecule is Cc1ccc(NC(=O)CSCC(=O)NN=Cc2ccccc2)cc1. The van der Waals surface area contributed by atoms with Crippen LogP contribution in [0.1, 0.15) is 11.1 Å². The average Bonchev–Trinajstić information content (AvgIpc) is 2.58. The second kappa shape index (κ2) is 9.52. The Labute approximate surface area is 145 Å². The Morgan fingerprint density at radius 3 is 2.38 bits per heavy atom. The van der Waals surface area contributed by atoms with Crippen molar-refractivity contribution in [2.45, 2.75) is 6.92 Å². The van der Waals surface area contributed by atoms with Gasteiger partial charge in [0.05, 0.1) is 17.7 Å². The lowest BCUT2D eigenvalue weighted by Gasteiger charge is -2.05. The number of aryl methyl sites for hydroxylation is 1. The van der Waals surface area contributed by atoms with Crippen LogP contribution in [0.4, 0.5) is 5.69 Å². The average molecular weight is 341 g/mol. The zero-order valence-corrected chi connectivity index (χ0v) is 14.2. The van der Waals surface area contributed by atoms with Gasteiger partial charge < -0.3 is 5.32 Å². The molecular weight excluding hydrogens is 322 g/mol. The minimum Gasteiger partial charge on any atom is -0.325 e. The van der Waals surface area contributed by atoms with E-state index in [-0.39, 0.29) is 23.3 Å². The number of thioether (sulfide) groups is 1. The molecule has 5 nitrogen and oxygen atoms in total. The van der Waals surface area contributed by atoms with Gasteiger partial charge in [-0.15, -0.1) is 11.8 Å². The molecule has 0 atom stereocenters. The number of rotatable bonds is 7.